The summed E-state index contributed by atoms with van der Waals surface area (Å²) in [5.74, 6) is 2.54. The highest BCUT2D eigenvalue weighted by Gasteiger charge is 2.00. The molecule has 1 aromatic heterocycles. The van der Waals surface area contributed by atoms with E-state index in [1.165, 1.54) is 12.1 Å². The number of benzene rings is 1. The normalized spacial score (nSPS) is 11.5. The molecule has 0 aliphatic rings. The van der Waals surface area contributed by atoms with E-state index in [-0.39, 0.29) is 5.82 Å². The molecule has 0 fully saturated rings. The van der Waals surface area contributed by atoms with E-state index in [4.69, 9.17) is 4.42 Å². The lowest BCUT2D eigenvalue weighted by molar-refractivity contribution is 0.507. The van der Waals surface area contributed by atoms with Gasteiger partial charge >= 0.3 is 0 Å². The van der Waals surface area contributed by atoms with Gasteiger partial charge in [-0.3, -0.25) is 4.99 Å². The molecule has 2 aromatic rings. The van der Waals surface area contributed by atoms with Gasteiger partial charge in [0.1, 0.15) is 11.6 Å². The zero-order valence-electron chi connectivity index (χ0n) is 13.2. The third-order valence-corrected chi connectivity index (χ3v) is 4.26. The molecule has 2 N–H and O–H groups in total. The lowest BCUT2D eigenvalue weighted by Gasteiger charge is -2.11. The fraction of sp³-hybridized carbons (Fsp3) is 0.353. The summed E-state index contributed by atoms with van der Waals surface area (Å²) in [6.07, 6.45) is 3.51. The van der Waals surface area contributed by atoms with Crippen LogP contribution in [0.3, 0.4) is 0 Å². The molecule has 0 saturated carbocycles. The molecule has 0 saturated heterocycles. The number of furan rings is 1. The molecule has 0 bridgehead atoms. The van der Waals surface area contributed by atoms with Crippen molar-refractivity contribution in [1.29, 1.82) is 0 Å². The van der Waals surface area contributed by atoms with Crippen molar-refractivity contribution in [3.05, 3.63) is 54.2 Å². The first-order valence-corrected chi connectivity index (χ1v) is 8.62. The SMILES string of the molecule is CN=C(NCCCSc1ccc(F)cc1)NCCc1ccco1. The lowest BCUT2D eigenvalue weighted by Crippen LogP contribution is -2.38. The van der Waals surface area contributed by atoms with Gasteiger partial charge in [0.15, 0.2) is 5.96 Å². The highest BCUT2D eigenvalue weighted by atomic mass is 32.2. The second kappa shape index (κ2) is 9.94. The zero-order chi connectivity index (χ0) is 16.3. The highest BCUT2D eigenvalue weighted by molar-refractivity contribution is 7.99. The zero-order valence-corrected chi connectivity index (χ0v) is 14.0. The van der Waals surface area contributed by atoms with Crippen LogP contribution in [0.2, 0.25) is 0 Å². The summed E-state index contributed by atoms with van der Waals surface area (Å²) in [5.41, 5.74) is 0. The Labute approximate surface area is 140 Å². The molecular formula is C17H22FN3OS. The van der Waals surface area contributed by atoms with Crippen molar-refractivity contribution in [2.75, 3.05) is 25.9 Å². The van der Waals surface area contributed by atoms with Gasteiger partial charge in [-0.2, -0.15) is 0 Å². The van der Waals surface area contributed by atoms with E-state index in [2.05, 4.69) is 15.6 Å². The molecule has 4 nitrogen and oxygen atoms in total. The Morgan fingerprint density at radius 1 is 1.17 bits per heavy atom. The Balaban J connectivity index is 1.55. The summed E-state index contributed by atoms with van der Waals surface area (Å²) in [7, 11) is 1.76. The molecule has 6 heteroatoms. The standard InChI is InChI=1S/C17H22FN3OS/c1-19-17(21-11-9-15-4-2-12-22-15)20-10-3-13-23-16-7-5-14(18)6-8-16/h2,4-8,12H,3,9-11,13H2,1H3,(H2,19,20,21). The topological polar surface area (TPSA) is 49.6 Å². The second-order valence-corrected chi connectivity index (χ2v) is 6.08. The summed E-state index contributed by atoms with van der Waals surface area (Å²) >= 11 is 1.73. The summed E-state index contributed by atoms with van der Waals surface area (Å²) in [6, 6.07) is 10.5. The summed E-state index contributed by atoms with van der Waals surface area (Å²) in [5, 5.41) is 6.53. The molecule has 124 valence electrons. The van der Waals surface area contributed by atoms with Gasteiger partial charge in [-0.05, 0) is 48.6 Å². The Morgan fingerprint density at radius 3 is 2.65 bits per heavy atom. The van der Waals surface area contributed by atoms with Crippen LogP contribution in [0.4, 0.5) is 4.39 Å². The van der Waals surface area contributed by atoms with E-state index < -0.39 is 0 Å². The second-order valence-electron chi connectivity index (χ2n) is 4.91. The monoisotopic (exact) mass is 335 g/mol. The number of rotatable bonds is 8. The quantitative estimate of drug-likeness (QED) is 0.336. The number of aliphatic imine (C=N–C) groups is 1. The van der Waals surface area contributed by atoms with Crippen LogP contribution in [0.15, 0.2) is 57.0 Å². The van der Waals surface area contributed by atoms with Crippen LogP contribution in [0, 0.1) is 5.82 Å². The fourth-order valence-corrected chi connectivity index (χ4v) is 2.83. The van der Waals surface area contributed by atoms with E-state index in [0.29, 0.717) is 0 Å². The van der Waals surface area contributed by atoms with Crippen LogP contribution in [0.1, 0.15) is 12.2 Å². The van der Waals surface area contributed by atoms with Gasteiger partial charge in [0.2, 0.25) is 0 Å². The first kappa shape index (κ1) is 17.4. The number of hydrogen-bond donors (Lipinski definition) is 2. The van der Waals surface area contributed by atoms with Crippen LogP contribution < -0.4 is 10.6 Å². The van der Waals surface area contributed by atoms with Crippen molar-refractivity contribution in [2.45, 2.75) is 17.7 Å². The Hall–Kier alpha value is -1.95. The van der Waals surface area contributed by atoms with E-state index in [1.54, 1.807) is 25.1 Å². The Morgan fingerprint density at radius 2 is 1.96 bits per heavy atom. The van der Waals surface area contributed by atoms with Crippen molar-refractivity contribution in [3.63, 3.8) is 0 Å². The number of thioether (sulfide) groups is 1. The molecule has 0 unspecified atom stereocenters. The molecule has 2 rings (SSSR count). The molecule has 0 aliphatic heterocycles. The molecule has 1 heterocycles. The molecule has 0 spiro atoms. The predicted octanol–water partition coefficient (Wildman–Crippen LogP) is 3.31. The summed E-state index contributed by atoms with van der Waals surface area (Å²) in [6.45, 7) is 1.62. The van der Waals surface area contributed by atoms with Crippen molar-refractivity contribution in [2.24, 2.45) is 4.99 Å². The third kappa shape index (κ3) is 6.78. The van der Waals surface area contributed by atoms with Gasteiger partial charge in [0, 0.05) is 31.5 Å². The first-order chi connectivity index (χ1) is 11.3. The van der Waals surface area contributed by atoms with Crippen LogP contribution in [-0.4, -0.2) is 31.8 Å². The average Bonchev–Trinajstić information content (AvgIpc) is 3.08. The van der Waals surface area contributed by atoms with Gasteiger partial charge in [-0.15, -0.1) is 11.8 Å². The number of hydrogen-bond acceptors (Lipinski definition) is 3. The molecule has 1 aromatic carbocycles. The van der Waals surface area contributed by atoms with Gasteiger partial charge in [-0.25, -0.2) is 4.39 Å². The number of guanidine groups is 1. The Kier molecular flexibility index (Phi) is 7.52. The van der Waals surface area contributed by atoms with Crippen LogP contribution in [0.5, 0.6) is 0 Å². The molecular weight excluding hydrogens is 313 g/mol. The molecule has 23 heavy (non-hydrogen) atoms. The fourth-order valence-electron chi connectivity index (χ4n) is 1.98. The number of nitrogens with zero attached hydrogens (tertiary/aromatic N) is 1. The largest absolute Gasteiger partial charge is 0.469 e. The smallest absolute Gasteiger partial charge is 0.190 e. The van der Waals surface area contributed by atoms with E-state index >= 15 is 0 Å². The van der Waals surface area contributed by atoms with Crippen LogP contribution in [-0.2, 0) is 6.42 Å². The number of halogens is 1. The van der Waals surface area contributed by atoms with Gasteiger partial charge < -0.3 is 15.1 Å². The Bertz CT molecular complexity index is 584. The van der Waals surface area contributed by atoms with Gasteiger partial charge in [-0.1, -0.05) is 0 Å². The average molecular weight is 335 g/mol. The van der Waals surface area contributed by atoms with E-state index in [9.17, 15) is 4.39 Å². The summed E-state index contributed by atoms with van der Waals surface area (Å²) < 4.78 is 18.1. The van der Waals surface area contributed by atoms with Gasteiger partial charge in [0.05, 0.1) is 6.26 Å². The van der Waals surface area contributed by atoms with E-state index in [0.717, 1.165) is 48.3 Å². The minimum Gasteiger partial charge on any atom is -0.469 e. The summed E-state index contributed by atoms with van der Waals surface area (Å²) in [4.78, 5) is 5.28. The minimum atomic E-state index is -0.194. The van der Waals surface area contributed by atoms with Crippen molar-refractivity contribution in [3.8, 4) is 0 Å². The molecule has 0 atom stereocenters. The third-order valence-electron chi connectivity index (χ3n) is 3.16. The number of nitrogens with one attached hydrogen (secondary N) is 2. The van der Waals surface area contributed by atoms with Gasteiger partial charge in [0.25, 0.3) is 0 Å². The first-order valence-electron chi connectivity index (χ1n) is 7.63. The molecule has 0 amide bonds. The van der Waals surface area contributed by atoms with Crippen molar-refractivity contribution < 1.29 is 8.81 Å². The maximum absolute atomic E-state index is 12.8. The molecule has 0 aliphatic carbocycles. The van der Waals surface area contributed by atoms with Crippen molar-refractivity contribution >= 4 is 17.7 Å². The van der Waals surface area contributed by atoms with Crippen molar-refractivity contribution in [1.82, 2.24) is 10.6 Å². The maximum Gasteiger partial charge on any atom is 0.190 e. The molecule has 0 radical (unpaired) electrons. The highest BCUT2D eigenvalue weighted by Crippen LogP contribution is 2.18. The van der Waals surface area contributed by atoms with E-state index in [1.807, 2.05) is 24.3 Å². The lowest BCUT2D eigenvalue weighted by atomic mass is 10.3. The minimum absolute atomic E-state index is 0.194. The predicted molar refractivity (Wildman–Crippen MR) is 93.5 cm³/mol. The maximum atomic E-state index is 12.8. The van der Waals surface area contributed by atoms with Crippen LogP contribution >= 0.6 is 11.8 Å². The van der Waals surface area contributed by atoms with Crippen LogP contribution in [0.25, 0.3) is 0 Å².